The molecule has 7 nitrogen and oxygen atoms in total. The van der Waals surface area contributed by atoms with Crippen LogP contribution < -0.4 is 16.4 Å². The molecule has 8 heteroatoms. The van der Waals surface area contributed by atoms with Gasteiger partial charge in [0.2, 0.25) is 5.91 Å². The number of amides is 3. The van der Waals surface area contributed by atoms with Crippen molar-refractivity contribution in [2.24, 2.45) is 5.73 Å². The van der Waals surface area contributed by atoms with Gasteiger partial charge in [0.25, 0.3) is 0 Å². The Bertz CT molecular complexity index is 1000. The van der Waals surface area contributed by atoms with Gasteiger partial charge in [-0.15, -0.1) is 0 Å². The monoisotopic (exact) mass is 411 g/mol. The molecule has 1 heterocycles. The molecule has 0 aliphatic rings. The third-order valence-electron chi connectivity index (χ3n) is 4.49. The molecule has 0 saturated carbocycles. The molecule has 3 amide bonds. The van der Waals surface area contributed by atoms with Crippen LogP contribution in [0.25, 0.3) is 5.69 Å². The zero-order chi connectivity index (χ0) is 20.8. The molecule has 1 atom stereocenters. The maximum atomic E-state index is 12.5. The molecule has 0 radical (unpaired) electrons. The van der Waals surface area contributed by atoms with E-state index >= 15 is 0 Å². The number of aryl methyl sites for hydroxylation is 1. The smallest absolute Gasteiger partial charge is 0.312 e. The number of carbonyl (C=O) groups is 2. The molecule has 0 aliphatic heterocycles. The SMILES string of the molecule is Cc1ccccc1C(CC(=O)NCc1cnn(-c2ccc(Cl)cc2)c1)NC(N)=O. The molecule has 1 unspecified atom stereocenters. The molecule has 0 spiro atoms. The van der Waals surface area contributed by atoms with Gasteiger partial charge in [-0.3, -0.25) is 4.79 Å². The van der Waals surface area contributed by atoms with Crippen LogP contribution in [0.2, 0.25) is 5.02 Å². The number of nitrogens with two attached hydrogens (primary N) is 1. The maximum Gasteiger partial charge on any atom is 0.312 e. The standard InChI is InChI=1S/C21H22ClN5O2/c1-14-4-2-3-5-18(14)19(26-21(23)29)10-20(28)24-11-15-12-25-27(13-15)17-8-6-16(22)7-9-17/h2-9,12-13,19H,10-11H2,1H3,(H,24,28)(H3,23,26,29). The van der Waals surface area contributed by atoms with Crippen LogP contribution in [0.5, 0.6) is 0 Å². The summed E-state index contributed by atoms with van der Waals surface area (Å²) in [5, 5.41) is 10.5. The van der Waals surface area contributed by atoms with Gasteiger partial charge >= 0.3 is 6.03 Å². The first-order valence-electron chi connectivity index (χ1n) is 9.10. The average Bonchev–Trinajstić information content (AvgIpc) is 3.15. The number of benzene rings is 2. The summed E-state index contributed by atoms with van der Waals surface area (Å²) in [6.45, 7) is 2.25. The number of urea groups is 1. The third-order valence-corrected chi connectivity index (χ3v) is 4.74. The van der Waals surface area contributed by atoms with Crippen molar-refractivity contribution in [1.29, 1.82) is 0 Å². The lowest BCUT2D eigenvalue weighted by Crippen LogP contribution is -2.36. The van der Waals surface area contributed by atoms with Crippen LogP contribution in [-0.2, 0) is 11.3 Å². The number of nitrogens with zero attached hydrogens (tertiary/aromatic N) is 2. The lowest BCUT2D eigenvalue weighted by Gasteiger charge is -2.19. The summed E-state index contributed by atoms with van der Waals surface area (Å²) in [6.07, 6.45) is 3.61. The van der Waals surface area contributed by atoms with Crippen molar-refractivity contribution in [2.75, 3.05) is 0 Å². The second-order valence-corrected chi connectivity index (χ2v) is 7.10. The highest BCUT2D eigenvalue weighted by molar-refractivity contribution is 6.30. The Morgan fingerprint density at radius 3 is 2.59 bits per heavy atom. The minimum Gasteiger partial charge on any atom is -0.352 e. The van der Waals surface area contributed by atoms with Crippen molar-refractivity contribution in [3.05, 3.63) is 82.6 Å². The van der Waals surface area contributed by atoms with Gasteiger partial charge in [0.05, 0.1) is 24.3 Å². The minimum atomic E-state index is -0.671. The normalized spacial score (nSPS) is 11.7. The lowest BCUT2D eigenvalue weighted by molar-refractivity contribution is -0.121. The zero-order valence-corrected chi connectivity index (χ0v) is 16.7. The van der Waals surface area contributed by atoms with Gasteiger partial charge in [-0.2, -0.15) is 5.10 Å². The maximum absolute atomic E-state index is 12.5. The molecule has 3 aromatic rings. The van der Waals surface area contributed by atoms with Gasteiger partial charge < -0.3 is 16.4 Å². The van der Waals surface area contributed by atoms with E-state index in [2.05, 4.69) is 15.7 Å². The van der Waals surface area contributed by atoms with E-state index in [9.17, 15) is 9.59 Å². The minimum absolute atomic E-state index is 0.0825. The Hall–Kier alpha value is -3.32. The van der Waals surface area contributed by atoms with Crippen molar-refractivity contribution in [3.63, 3.8) is 0 Å². The first kappa shape index (κ1) is 20.4. The molecule has 0 saturated heterocycles. The number of hydrogen-bond acceptors (Lipinski definition) is 3. The lowest BCUT2D eigenvalue weighted by atomic mass is 9.98. The van der Waals surface area contributed by atoms with Gasteiger partial charge in [0.15, 0.2) is 0 Å². The Kier molecular flexibility index (Phi) is 6.51. The first-order chi connectivity index (χ1) is 13.9. The number of hydrogen-bond donors (Lipinski definition) is 3. The van der Waals surface area contributed by atoms with Crippen molar-refractivity contribution in [2.45, 2.75) is 25.9 Å². The summed E-state index contributed by atoms with van der Waals surface area (Å²) < 4.78 is 1.71. The number of nitrogens with one attached hydrogen (secondary N) is 2. The molecule has 4 N–H and O–H groups in total. The van der Waals surface area contributed by atoms with Crippen LogP contribution in [0.1, 0.15) is 29.2 Å². The highest BCUT2D eigenvalue weighted by Crippen LogP contribution is 2.20. The molecule has 1 aromatic heterocycles. The van der Waals surface area contributed by atoms with Gasteiger partial charge in [-0.05, 0) is 42.3 Å². The van der Waals surface area contributed by atoms with Gasteiger partial charge in [0, 0.05) is 23.3 Å². The van der Waals surface area contributed by atoms with Crippen LogP contribution in [0.4, 0.5) is 4.79 Å². The molecule has 29 heavy (non-hydrogen) atoms. The van der Waals surface area contributed by atoms with Crippen molar-refractivity contribution in [3.8, 4) is 5.69 Å². The van der Waals surface area contributed by atoms with Crippen molar-refractivity contribution >= 4 is 23.5 Å². The number of halogens is 1. The molecular weight excluding hydrogens is 390 g/mol. The third kappa shape index (κ3) is 5.58. The second kappa shape index (κ2) is 9.25. The van der Waals surface area contributed by atoms with Gasteiger partial charge in [-0.25, -0.2) is 9.48 Å². The molecule has 3 rings (SSSR count). The molecule has 2 aromatic carbocycles. The van der Waals surface area contributed by atoms with Gasteiger partial charge in [-0.1, -0.05) is 35.9 Å². The molecule has 150 valence electrons. The fraction of sp³-hybridized carbons (Fsp3) is 0.190. The van der Waals surface area contributed by atoms with Crippen molar-refractivity contribution < 1.29 is 9.59 Å². The topological polar surface area (TPSA) is 102 Å². The largest absolute Gasteiger partial charge is 0.352 e. The van der Waals surface area contributed by atoms with Crippen LogP contribution in [-0.4, -0.2) is 21.7 Å². The first-order valence-corrected chi connectivity index (χ1v) is 9.48. The van der Waals surface area contributed by atoms with E-state index in [0.29, 0.717) is 11.6 Å². The highest BCUT2D eigenvalue weighted by atomic mass is 35.5. The Balaban J connectivity index is 1.61. The second-order valence-electron chi connectivity index (χ2n) is 6.67. The number of primary amides is 1. The van der Waals surface area contributed by atoms with Crippen LogP contribution >= 0.6 is 11.6 Å². The average molecular weight is 412 g/mol. The Morgan fingerprint density at radius 2 is 1.90 bits per heavy atom. The van der Waals surface area contributed by atoms with E-state index < -0.39 is 12.1 Å². The van der Waals surface area contributed by atoms with Crippen molar-refractivity contribution in [1.82, 2.24) is 20.4 Å². The summed E-state index contributed by atoms with van der Waals surface area (Å²) in [5.41, 5.74) is 8.84. The Labute approximate surface area is 173 Å². The molecule has 0 aliphatic carbocycles. The number of rotatable bonds is 7. The van der Waals surface area contributed by atoms with E-state index in [1.807, 2.05) is 49.5 Å². The zero-order valence-electron chi connectivity index (χ0n) is 15.9. The van der Waals surface area contributed by atoms with Crippen LogP contribution in [0.15, 0.2) is 60.9 Å². The fourth-order valence-electron chi connectivity index (χ4n) is 3.03. The Morgan fingerprint density at radius 1 is 1.17 bits per heavy atom. The molecular formula is C21H22ClN5O2. The van der Waals surface area contributed by atoms with E-state index in [1.54, 1.807) is 23.0 Å². The van der Waals surface area contributed by atoms with E-state index in [-0.39, 0.29) is 12.3 Å². The predicted octanol–water partition coefficient (Wildman–Crippen LogP) is 3.25. The number of aromatic nitrogens is 2. The van der Waals surface area contributed by atoms with Gasteiger partial charge in [0.1, 0.15) is 0 Å². The van der Waals surface area contributed by atoms with E-state index in [0.717, 1.165) is 22.4 Å². The highest BCUT2D eigenvalue weighted by Gasteiger charge is 2.19. The summed E-state index contributed by atoms with van der Waals surface area (Å²) in [7, 11) is 0. The molecule has 0 fully saturated rings. The quantitative estimate of drug-likeness (QED) is 0.556. The summed E-state index contributed by atoms with van der Waals surface area (Å²) in [6, 6.07) is 13.7. The van der Waals surface area contributed by atoms with E-state index in [4.69, 9.17) is 17.3 Å². The fourth-order valence-corrected chi connectivity index (χ4v) is 3.16. The van der Waals surface area contributed by atoms with Crippen LogP contribution in [0.3, 0.4) is 0 Å². The predicted molar refractivity (Wildman–Crippen MR) is 112 cm³/mol. The summed E-state index contributed by atoms with van der Waals surface area (Å²) >= 11 is 5.90. The summed E-state index contributed by atoms with van der Waals surface area (Å²) in [4.78, 5) is 23.8. The number of carbonyl (C=O) groups excluding carboxylic acids is 2. The summed E-state index contributed by atoms with van der Waals surface area (Å²) in [5.74, 6) is -0.203. The van der Waals surface area contributed by atoms with Crippen LogP contribution in [0, 0.1) is 6.92 Å². The molecule has 0 bridgehead atoms. The van der Waals surface area contributed by atoms with E-state index in [1.165, 1.54) is 0 Å².